The second-order valence-corrected chi connectivity index (χ2v) is 4.02. The molecule has 0 saturated heterocycles. The van der Waals surface area contributed by atoms with E-state index in [0.29, 0.717) is 6.54 Å². The van der Waals surface area contributed by atoms with Crippen LogP contribution in [-0.2, 0) is 4.79 Å². The summed E-state index contributed by atoms with van der Waals surface area (Å²) in [6.07, 6.45) is -0.223. The predicted molar refractivity (Wildman–Crippen MR) is 48.9 cm³/mol. The first-order chi connectivity index (χ1) is 6.41. The molecule has 1 rings (SSSR count). The highest BCUT2D eigenvalue weighted by Gasteiger charge is 2.42. The summed E-state index contributed by atoms with van der Waals surface area (Å²) in [5.41, 5.74) is 5.43. The van der Waals surface area contributed by atoms with Gasteiger partial charge < -0.3 is 11.1 Å². The maximum Gasteiger partial charge on any atom is 0.248 e. The van der Waals surface area contributed by atoms with E-state index in [2.05, 4.69) is 5.32 Å². The highest BCUT2D eigenvalue weighted by Crippen LogP contribution is 2.38. The molecule has 0 aliphatic heterocycles. The number of rotatable bonds is 3. The minimum atomic E-state index is -2.66. The Morgan fingerprint density at radius 2 is 2.36 bits per heavy atom. The smallest absolute Gasteiger partial charge is 0.248 e. The number of hydrogen-bond acceptors (Lipinski definition) is 2. The first-order valence-electron chi connectivity index (χ1n) is 4.82. The van der Waals surface area contributed by atoms with Crippen LogP contribution in [0.25, 0.3) is 0 Å². The van der Waals surface area contributed by atoms with Crippen molar-refractivity contribution >= 4 is 5.91 Å². The van der Waals surface area contributed by atoms with Crippen molar-refractivity contribution in [3.05, 3.63) is 0 Å². The average Bonchev–Trinajstić information content (AvgIpc) is 2.41. The molecule has 0 radical (unpaired) electrons. The van der Waals surface area contributed by atoms with Crippen molar-refractivity contribution in [2.24, 2.45) is 11.7 Å². The van der Waals surface area contributed by atoms with Crippen molar-refractivity contribution in [1.29, 1.82) is 0 Å². The molecular weight excluding hydrogens is 190 g/mol. The minimum Gasteiger partial charge on any atom is -0.354 e. The Labute approximate surface area is 82.0 Å². The highest BCUT2D eigenvalue weighted by atomic mass is 19.3. The van der Waals surface area contributed by atoms with Gasteiger partial charge in [-0.3, -0.25) is 4.79 Å². The predicted octanol–water partition coefficient (Wildman–Crippen LogP) is 0.885. The largest absolute Gasteiger partial charge is 0.354 e. The number of carbonyl (C=O) groups excluding carboxylic acids is 1. The number of halogens is 2. The Morgan fingerprint density at radius 3 is 2.79 bits per heavy atom. The van der Waals surface area contributed by atoms with Gasteiger partial charge in [-0.2, -0.15) is 0 Å². The molecular formula is C9H16F2N2O. The zero-order valence-electron chi connectivity index (χ0n) is 8.22. The molecule has 1 fully saturated rings. The summed E-state index contributed by atoms with van der Waals surface area (Å²) in [5.74, 6) is -3.49. The van der Waals surface area contributed by atoms with Crippen LogP contribution in [0.15, 0.2) is 0 Å². The fraction of sp³-hybridized carbons (Fsp3) is 0.889. The van der Waals surface area contributed by atoms with E-state index in [9.17, 15) is 13.6 Å². The van der Waals surface area contributed by atoms with Gasteiger partial charge in [-0.05, 0) is 13.3 Å². The summed E-state index contributed by atoms with van der Waals surface area (Å²) in [4.78, 5) is 11.3. The van der Waals surface area contributed by atoms with E-state index in [4.69, 9.17) is 5.73 Å². The maximum atomic E-state index is 12.7. The van der Waals surface area contributed by atoms with Crippen LogP contribution in [0, 0.1) is 5.92 Å². The summed E-state index contributed by atoms with van der Waals surface area (Å²) < 4.78 is 25.5. The Morgan fingerprint density at radius 1 is 1.71 bits per heavy atom. The number of amides is 1. The lowest BCUT2D eigenvalue weighted by Gasteiger charge is -2.12. The second kappa shape index (κ2) is 4.21. The maximum absolute atomic E-state index is 12.7. The summed E-state index contributed by atoms with van der Waals surface area (Å²) in [6.45, 7) is 2.10. The monoisotopic (exact) mass is 206 g/mol. The van der Waals surface area contributed by atoms with Crippen molar-refractivity contribution in [3.63, 3.8) is 0 Å². The molecule has 1 amide bonds. The van der Waals surface area contributed by atoms with Crippen molar-refractivity contribution in [2.75, 3.05) is 6.54 Å². The quantitative estimate of drug-likeness (QED) is 0.720. The van der Waals surface area contributed by atoms with E-state index in [1.165, 1.54) is 0 Å². The van der Waals surface area contributed by atoms with Gasteiger partial charge in [0.2, 0.25) is 11.8 Å². The van der Waals surface area contributed by atoms with Gasteiger partial charge in [0.1, 0.15) is 0 Å². The number of nitrogens with two attached hydrogens (primary N) is 1. The van der Waals surface area contributed by atoms with Gasteiger partial charge in [0.25, 0.3) is 0 Å². The van der Waals surface area contributed by atoms with Gasteiger partial charge in [-0.25, -0.2) is 8.78 Å². The van der Waals surface area contributed by atoms with E-state index in [1.807, 2.05) is 0 Å². The molecule has 0 aromatic heterocycles. The molecule has 3 N–H and O–H groups in total. The molecule has 0 aromatic carbocycles. The fourth-order valence-electron chi connectivity index (χ4n) is 1.58. The Balaban J connectivity index is 2.33. The second-order valence-electron chi connectivity index (χ2n) is 4.02. The molecule has 2 atom stereocenters. The fourth-order valence-corrected chi connectivity index (χ4v) is 1.58. The van der Waals surface area contributed by atoms with E-state index in [1.54, 1.807) is 6.92 Å². The molecule has 0 heterocycles. The van der Waals surface area contributed by atoms with Crippen molar-refractivity contribution < 1.29 is 13.6 Å². The Hall–Kier alpha value is -0.710. The first kappa shape index (κ1) is 11.4. The topological polar surface area (TPSA) is 55.1 Å². The van der Waals surface area contributed by atoms with Crippen molar-refractivity contribution in [3.8, 4) is 0 Å². The molecule has 1 saturated carbocycles. The van der Waals surface area contributed by atoms with Crippen LogP contribution in [-0.4, -0.2) is 24.4 Å². The minimum absolute atomic E-state index is 0.138. The summed E-state index contributed by atoms with van der Waals surface area (Å²) in [5, 5.41) is 2.56. The van der Waals surface area contributed by atoms with E-state index in [0.717, 1.165) is 0 Å². The van der Waals surface area contributed by atoms with E-state index in [-0.39, 0.29) is 31.2 Å². The molecule has 0 spiro atoms. The molecule has 2 unspecified atom stereocenters. The number of carbonyl (C=O) groups is 1. The molecule has 14 heavy (non-hydrogen) atoms. The van der Waals surface area contributed by atoms with Crippen LogP contribution in [0.2, 0.25) is 0 Å². The van der Waals surface area contributed by atoms with Crippen LogP contribution in [0.3, 0.4) is 0 Å². The standard InChI is InChI=1S/C9H16F2N2O/c1-6(12)5-13-8(14)7-2-3-9(10,11)4-7/h6-7H,2-5,12H2,1H3,(H,13,14). The number of hydrogen-bond donors (Lipinski definition) is 2. The highest BCUT2D eigenvalue weighted by molar-refractivity contribution is 5.79. The zero-order valence-corrected chi connectivity index (χ0v) is 8.22. The lowest BCUT2D eigenvalue weighted by molar-refractivity contribution is -0.125. The van der Waals surface area contributed by atoms with Crippen LogP contribution < -0.4 is 11.1 Å². The van der Waals surface area contributed by atoms with Gasteiger partial charge in [0, 0.05) is 31.3 Å². The van der Waals surface area contributed by atoms with Gasteiger partial charge >= 0.3 is 0 Å². The van der Waals surface area contributed by atoms with E-state index < -0.39 is 11.8 Å². The van der Waals surface area contributed by atoms with Crippen LogP contribution in [0.4, 0.5) is 8.78 Å². The van der Waals surface area contributed by atoms with Crippen molar-refractivity contribution in [2.45, 2.75) is 38.2 Å². The molecule has 5 heteroatoms. The number of nitrogens with one attached hydrogen (secondary N) is 1. The molecule has 3 nitrogen and oxygen atoms in total. The molecule has 0 bridgehead atoms. The average molecular weight is 206 g/mol. The third kappa shape index (κ3) is 3.21. The lowest BCUT2D eigenvalue weighted by Crippen LogP contribution is -2.38. The van der Waals surface area contributed by atoms with Gasteiger partial charge in [0.05, 0.1) is 0 Å². The van der Waals surface area contributed by atoms with Gasteiger partial charge in [-0.1, -0.05) is 0 Å². The summed E-state index contributed by atoms with van der Waals surface area (Å²) in [7, 11) is 0. The SMILES string of the molecule is CC(N)CNC(=O)C1CCC(F)(F)C1. The lowest BCUT2D eigenvalue weighted by atomic mass is 10.1. The van der Waals surface area contributed by atoms with Gasteiger partial charge in [0.15, 0.2) is 0 Å². The third-order valence-corrected chi connectivity index (χ3v) is 2.37. The zero-order chi connectivity index (χ0) is 10.8. The molecule has 0 aromatic rings. The van der Waals surface area contributed by atoms with Gasteiger partial charge in [-0.15, -0.1) is 0 Å². The summed E-state index contributed by atoms with van der Waals surface area (Å²) in [6, 6.07) is -0.138. The van der Waals surface area contributed by atoms with E-state index >= 15 is 0 Å². The molecule has 1 aliphatic carbocycles. The Bertz CT molecular complexity index is 219. The first-order valence-corrected chi connectivity index (χ1v) is 4.82. The molecule has 1 aliphatic rings. The van der Waals surface area contributed by atoms with Crippen LogP contribution in [0.5, 0.6) is 0 Å². The third-order valence-electron chi connectivity index (χ3n) is 2.37. The molecule has 82 valence electrons. The summed E-state index contributed by atoms with van der Waals surface area (Å²) >= 11 is 0. The van der Waals surface area contributed by atoms with Crippen LogP contribution in [0.1, 0.15) is 26.2 Å². The Kier molecular flexibility index (Phi) is 3.42. The normalized spacial score (nSPS) is 27.3. The van der Waals surface area contributed by atoms with Crippen molar-refractivity contribution in [1.82, 2.24) is 5.32 Å². The van der Waals surface area contributed by atoms with Crippen LogP contribution >= 0.6 is 0 Å². The number of alkyl halides is 2.